The fourth-order valence-corrected chi connectivity index (χ4v) is 5.18. The lowest BCUT2D eigenvalue weighted by Crippen LogP contribution is -2.27. The van der Waals surface area contributed by atoms with Gasteiger partial charge in [-0.1, -0.05) is 109 Å². The van der Waals surface area contributed by atoms with Crippen LogP contribution in [0.5, 0.6) is 11.5 Å². The van der Waals surface area contributed by atoms with Gasteiger partial charge in [0.05, 0.1) is 18.1 Å². The first-order valence-corrected chi connectivity index (χ1v) is 14.7. The molecule has 220 valence electrons. The van der Waals surface area contributed by atoms with E-state index in [-0.39, 0.29) is 11.9 Å². The minimum absolute atomic E-state index is 0.207. The molecule has 5 nitrogen and oxygen atoms in total. The zero-order chi connectivity index (χ0) is 29.9. The minimum atomic E-state index is -0.221. The van der Waals surface area contributed by atoms with Gasteiger partial charge in [-0.25, -0.2) is 0 Å². The van der Waals surface area contributed by atoms with Crippen molar-refractivity contribution < 1.29 is 19.0 Å². The van der Waals surface area contributed by atoms with Crippen molar-refractivity contribution >= 4 is 17.6 Å². The van der Waals surface area contributed by atoms with Crippen LogP contribution in [0.3, 0.4) is 0 Å². The SMILES string of the molecule is COC(=O)[C@@H](C)CCN(Cc1ccccc1OCc1cccc(C)c1)Cc1cccc(Cl)c1OCc1cccc(C)c1. The molecule has 0 saturated carbocycles. The molecule has 0 heterocycles. The van der Waals surface area contributed by atoms with Gasteiger partial charge in [-0.3, -0.25) is 9.69 Å². The lowest BCUT2D eigenvalue weighted by molar-refractivity contribution is -0.145. The van der Waals surface area contributed by atoms with Gasteiger partial charge in [0, 0.05) is 24.2 Å². The Kier molecular flexibility index (Phi) is 11.4. The maximum absolute atomic E-state index is 12.2. The van der Waals surface area contributed by atoms with Crippen molar-refractivity contribution in [1.82, 2.24) is 4.90 Å². The second kappa shape index (κ2) is 15.4. The summed E-state index contributed by atoms with van der Waals surface area (Å²) < 4.78 is 17.6. The molecule has 0 fully saturated rings. The maximum Gasteiger partial charge on any atom is 0.308 e. The number of benzene rings is 4. The molecule has 0 spiro atoms. The average Bonchev–Trinajstić information content (AvgIpc) is 2.98. The van der Waals surface area contributed by atoms with Gasteiger partial charge in [0.1, 0.15) is 24.7 Å². The van der Waals surface area contributed by atoms with Crippen molar-refractivity contribution in [3.8, 4) is 11.5 Å². The molecule has 1 atom stereocenters. The van der Waals surface area contributed by atoms with Crippen LogP contribution in [0.15, 0.2) is 91.0 Å². The molecule has 4 aromatic carbocycles. The van der Waals surface area contributed by atoms with Gasteiger partial charge in [-0.05, 0) is 50.1 Å². The van der Waals surface area contributed by atoms with Crippen LogP contribution in [0.2, 0.25) is 5.02 Å². The highest BCUT2D eigenvalue weighted by Gasteiger charge is 2.19. The van der Waals surface area contributed by atoms with E-state index in [4.69, 9.17) is 25.8 Å². The molecule has 0 unspecified atom stereocenters. The molecule has 0 aliphatic heterocycles. The fraction of sp³-hybridized carbons (Fsp3) is 0.306. The topological polar surface area (TPSA) is 48.0 Å². The predicted octanol–water partition coefficient (Wildman–Crippen LogP) is 8.32. The Labute approximate surface area is 255 Å². The molecule has 0 saturated heterocycles. The lowest BCUT2D eigenvalue weighted by atomic mass is 10.1. The quantitative estimate of drug-likeness (QED) is 0.139. The molecule has 42 heavy (non-hydrogen) atoms. The molecular formula is C36H40ClNO4. The van der Waals surface area contributed by atoms with Crippen LogP contribution in [-0.4, -0.2) is 24.5 Å². The number of hydrogen-bond donors (Lipinski definition) is 0. The van der Waals surface area contributed by atoms with Gasteiger partial charge in [0.15, 0.2) is 0 Å². The van der Waals surface area contributed by atoms with Crippen LogP contribution in [0.25, 0.3) is 0 Å². The molecule has 0 aliphatic carbocycles. The average molecular weight is 586 g/mol. The van der Waals surface area contributed by atoms with Gasteiger partial charge in [-0.2, -0.15) is 0 Å². The predicted molar refractivity (Wildman–Crippen MR) is 169 cm³/mol. The molecule has 4 rings (SSSR count). The highest BCUT2D eigenvalue weighted by molar-refractivity contribution is 6.32. The van der Waals surface area contributed by atoms with Crippen LogP contribution >= 0.6 is 11.6 Å². The van der Waals surface area contributed by atoms with Crippen molar-refractivity contribution in [1.29, 1.82) is 0 Å². The normalized spacial score (nSPS) is 11.8. The molecule has 4 aromatic rings. The van der Waals surface area contributed by atoms with E-state index in [9.17, 15) is 4.79 Å². The van der Waals surface area contributed by atoms with Gasteiger partial charge >= 0.3 is 5.97 Å². The van der Waals surface area contributed by atoms with E-state index in [1.165, 1.54) is 18.2 Å². The molecule has 0 bridgehead atoms. The summed E-state index contributed by atoms with van der Waals surface area (Å²) in [6.45, 7) is 8.85. The van der Waals surface area contributed by atoms with Crippen LogP contribution < -0.4 is 9.47 Å². The molecule has 0 amide bonds. The zero-order valence-corrected chi connectivity index (χ0v) is 25.7. The monoisotopic (exact) mass is 585 g/mol. The van der Waals surface area contributed by atoms with Crippen molar-refractivity contribution in [2.45, 2.75) is 53.5 Å². The summed E-state index contributed by atoms with van der Waals surface area (Å²) in [5.74, 6) is 1.09. The maximum atomic E-state index is 12.2. The number of ether oxygens (including phenoxy) is 3. The van der Waals surface area contributed by atoms with E-state index < -0.39 is 0 Å². The number of carbonyl (C=O) groups excluding carboxylic acids is 1. The van der Waals surface area contributed by atoms with E-state index in [0.717, 1.165) is 28.0 Å². The Bertz CT molecular complexity index is 1470. The first-order valence-electron chi connectivity index (χ1n) is 14.3. The molecule has 0 aromatic heterocycles. The van der Waals surface area contributed by atoms with Gasteiger partial charge < -0.3 is 14.2 Å². The minimum Gasteiger partial charge on any atom is -0.489 e. The van der Waals surface area contributed by atoms with E-state index in [1.54, 1.807) is 0 Å². The van der Waals surface area contributed by atoms with Gasteiger partial charge in [0.2, 0.25) is 0 Å². The third-order valence-electron chi connectivity index (χ3n) is 7.23. The Morgan fingerprint density at radius 1 is 0.786 bits per heavy atom. The number of rotatable bonds is 14. The summed E-state index contributed by atoms with van der Waals surface area (Å²) in [5, 5.41) is 0.574. The summed E-state index contributed by atoms with van der Waals surface area (Å²) in [4.78, 5) is 14.5. The third kappa shape index (κ3) is 9.10. The van der Waals surface area contributed by atoms with Crippen LogP contribution in [0, 0.1) is 19.8 Å². The number of halogens is 1. The standard InChI is InChI=1S/C36H40ClNO4/c1-26-10-7-12-29(20-26)24-41-34-17-6-5-14-31(34)22-38(19-18-28(3)36(39)40-4)23-32-15-9-16-33(37)35(32)42-25-30-13-8-11-27(2)21-30/h5-17,20-21,28H,18-19,22-25H2,1-4H3/t28-/m0/s1. The van der Waals surface area contributed by atoms with Gasteiger partial charge in [-0.15, -0.1) is 0 Å². The number of nitrogens with zero attached hydrogens (tertiary/aromatic N) is 1. The third-order valence-corrected chi connectivity index (χ3v) is 7.53. The van der Waals surface area contributed by atoms with Gasteiger partial charge in [0.25, 0.3) is 0 Å². The summed E-state index contributed by atoms with van der Waals surface area (Å²) in [7, 11) is 1.43. The molecule has 0 aliphatic rings. The largest absolute Gasteiger partial charge is 0.489 e. The Morgan fingerprint density at radius 3 is 2.05 bits per heavy atom. The molecule has 6 heteroatoms. The van der Waals surface area contributed by atoms with E-state index in [2.05, 4.69) is 61.2 Å². The van der Waals surface area contributed by atoms with E-state index in [1.807, 2.05) is 55.5 Å². The number of hydrogen-bond acceptors (Lipinski definition) is 5. The fourth-order valence-electron chi connectivity index (χ4n) is 4.93. The number of esters is 1. The Balaban J connectivity index is 1.55. The summed E-state index contributed by atoms with van der Waals surface area (Å²) in [5.41, 5.74) is 6.66. The van der Waals surface area contributed by atoms with Crippen molar-refractivity contribution in [3.05, 3.63) is 129 Å². The van der Waals surface area contributed by atoms with E-state index >= 15 is 0 Å². The van der Waals surface area contributed by atoms with Crippen LogP contribution in [0.4, 0.5) is 0 Å². The van der Waals surface area contributed by atoms with E-state index in [0.29, 0.717) is 50.0 Å². The number of para-hydroxylation sites is 2. The number of carbonyl (C=O) groups is 1. The summed E-state index contributed by atoms with van der Waals surface area (Å²) >= 11 is 6.67. The first-order chi connectivity index (χ1) is 20.3. The summed E-state index contributed by atoms with van der Waals surface area (Å²) in [6, 6.07) is 30.6. The molecule has 0 N–H and O–H groups in total. The second-order valence-electron chi connectivity index (χ2n) is 10.8. The van der Waals surface area contributed by atoms with Crippen LogP contribution in [0.1, 0.15) is 46.7 Å². The lowest BCUT2D eigenvalue weighted by Gasteiger charge is -2.26. The van der Waals surface area contributed by atoms with Crippen molar-refractivity contribution in [2.75, 3.05) is 13.7 Å². The van der Waals surface area contributed by atoms with Crippen molar-refractivity contribution in [3.63, 3.8) is 0 Å². The molecular weight excluding hydrogens is 546 g/mol. The Morgan fingerprint density at radius 2 is 1.38 bits per heavy atom. The Hall–Kier alpha value is -3.80. The first kappa shape index (κ1) is 31.1. The highest BCUT2D eigenvalue weighted by Crippen LogP contribution is 2.32. The highest BCUT2D eigenvalue weighted by atomic mass is 35.5. The smallest absolute Gasteiger partial charge is 0.308 e. The summed E-state index contributed by atoms with van der Waals surface area (Å²) in [6.07, 6.45) is 0.652. The number of methoxy groups -OCH3 is 1. The second-order valence-corrected chi connectivity index (χ2v) is 11.2. The van der Waals surface area contributed by atoms with Crippen molar-refractivity contribution in [2.24, 2.45) is 5.92 Å². The molecule has 0 radical (unpaired) electrons. The number of aryl methyl sites for hydroxylation is 2. The van der Waals surface area contributed by atoms with Crippen LogP contribution in [-0.2, 0) is 35.8 Å². The zero-order valence-electron chi connectivity index (χ0n) is 24.9.